The van der Waals surface area contributed by atoms with Gasteiger partial charge in [-0.2, -0.15) is 4.31 Å². The van der Waals surface area contributed by atoms with E-state index in [0.717, 1.165) is 48.1 Å². The minimum absolute atomic E-state index is 0.105. The Morgan fingerprint density at radius 2 is 1.74 bits per heavy atom. The Bertz CT molecular complexity index is 1340. The molecule has 14 heteroatoms. The lowest BCUT2D eigenvalue weighted by Gasteiger charge is -2.15. The van der Waals surface area contributed by atoms with Crippen LogP contribution in [0.4, 0.5) is 19.6 Å². The van der Waals surface area contributed by atoms with Gasteiger partial charge in [0, 0.05) is 24.7 Å². The lowest BCUT2D eigenvalue weighted by atomic mass is 10.2. The van der Waals surface area contributed by atoms with Crippen molar-refractivity contribution in [3.63, 3.8) is 0 Å². The average molecular weight is 540 g/mol. The largest absolute Gasteiger partial charge is 0.323 e. The third-order valence-corrected chi connectivity index (χ3v) is 8.86. The van der Waals surface area contributed by atoms with Crippen molar-refractivity contribution in [2.24, 2.45) is 0 Å². The van der Waals surface area contributed by atoms with Crippen molar-refractivity contribution in [2.45, 2.75) is 22.1 Å². The number of nitrogens with zero attached hydrogens (tertiary/aromatic N) is 3. The average Bonchev–Trinajstić information content (AvgIpc) is 3.52. The van der Waals surface area contributed by atoms with Crippen LogP contribution in [0.3, 0.4) is 0 Å². The van der Waals surface area contributed by atoms with Crippen LogP contribution in [0.25, 0.3) is 0 Å². The first kappa shape index (κ1) is 25.2. The fourth-order valence-corrected chi connectivity index (χ4v) is 6.31. The molecular weight excluding hydrogens is 520 g/mol. The Kier molecular flexibility index (Phi) is 7.74. The highest BCUT2D eigenvalue weighted by atomic mass is 32.2. The minimum Gasteiger partial charge on any atom is -0.323 e. The maximum absolute atomic E-state index is 13.6. The van der Waals surface area contributed by atoms with E-state index in [1.165, 1.54) is 28.6 Å². The van der Waals surface area contributed by atoms with Crippen LogP contribution in [-0.2, 0) is 14.8 Å². The first-order chi connectivity index (χ1) is 16.7. The normalized spacial score (nSPS) is 14.1. The van der Waals surface area contributed by atoms with E-state index in [0.29, 0.717) is 23.5 Å². The highest BCUT2D eigenvalue weighted by Gasteiger charge is 2.27. The van der Waals surface area contributed by atoms with E-state index in [-0.39, 0.29) is 27.0 Å². The van der Waals surface area contributed by atoms with E-state index in [2.05, 4.69) is 20.8 Å². The van der Waals surface area contributed by atoms with E-state index in [9.17, 15) is 26.8 Å². The summed E-state index contributed by atoms with van der Waals surface area (Å²) in [6, 6.07) is 8.47. The molecule has 0 spiro atoms. The van der Waals surface area contributed by atoms with E-state index in [1.54, 1.807) is 0 Å². The summed E-state index contributed by atoms with van der Waals surface area (Å²) in [4.78, 5) is 24.7. The van der Waals surface area contributed by atoms with Crippen LogP contribution < -0.4 is 10.6 Å². The number of nitrogens with one attached hydrogen (secondary N) is 2. The second-order valence-electron chi connectivity index (χ2n) is 7.42. The summed E-state index contributed by atoms with van der Waals surface area (Å²) in [6.07, 6.45) is 1.67. The number of hydrogen-bond donors (Lipinski definition) is 2. The predicted octanol–water partition coefficient (Wildman–Crippen LogP) is 3.58. The SMILES string of the molecule is O=C(CSc1nnc(NC(=O)c2ccc(S(=O)(=O)N3CCCC3)cc2)s1)Nc1ccc(F)cc1F. The van der Waals surface area contributed by atoms with Gasteiger partial charge in [-0.15, -0.1) is 10.2 Å². The molecule has 1 aliphatic rings. The molecule has 9 nitrogen and oxygen atoms in total. The van der Waals surface area contributed by atoms with Crippen molar-refractivity contribution in [3.05, 3.63) is 59.7 Å². The van der Waals surface area contributed by atoms with E-state index < -0.39 is 33.5 Å². The van der Waals surface area contributed by atoms with Crippen LogP contribution in [0.1, 0.15) is 23.2 Å². The number of benzene rings is 2. The summed E-state index contributed by atoms with van der Waals surface area (Å²) >= 11 is 2.07. The quantitative estimate of drug-likeness (QED) is 0.332. The Morgan fingerprint density at radius 1 is 1.03 bits per heavy atom. The maximum atomic E-state index is 13.6. The Morgan fingerprint density at radius 3 is 2.43 bits per heavy atom. The molecule has 1 aromatic heterocycles. The molecule has 2 aromatic carbocycles. The summed E-state index contributed by atoms with van der Waals surface area (Å²) < 4.78 is 53.6. The van der Waals surface area contributed by atoms with Crippen molar-refractivity contribution in [3.8, 4) is 0 Å². The number of sulfonamides is 1. The van der Waals surface area contributed by atoms with E-state index >= 15 is 0 Å². The van der Waals surface area contributed by atoms with Gasteiger partial charge < -0.3 is 5.32 Å². The van der Waals surface area contributed by atoms with Gasteiger partial charge in [-0.1, -0.05) is 23.1 Å². The van der Waals surface area contributed by atoms with Gasteiger partial charge in [0.15, 0.2) is 4.34 Å². The van der Waals surface area contributed by atoms with Crippen LogP contribution in [0.2, 0.25) is 0 Å². The molecule has 1 aliphatic heterocycles. The highest BCUT2D eigenvalue weighted by molar-refractivity contribution is 8.01. The molecule has 1 fully saturated rings. The van der Waals surface area contributed by atoms with Crippen LogP contribution in [0.5, 0.6) is 0 Å². The van der Waals surface area contributed by atoms with Gasteiger partial charge in [0.05, 0.1) is 16.3 Å². The zero-order valence-corrected chi connectivity index (χ0v) is 20.5. The van der Waals surface area contributed by atoms with Gasteiger partial charge in [-0.3, -0.25) is 14.9 Å². The number of anilines is 2. The summed E-state index contributed by atoms with van der Waals surface area (Å²) in [5.41, 5.74) is 0.108. The van der Waals surface area contributed by atoms with Crippen LogP contribution in [0.15, 0.2) is 51.7 Å². The van der Waals surface area contributed by atoms with Crippen molar-refractivity contribution in [1.82, 2.24) is 14.5 Å². The molecule has 4 rings (SSSR count). The molecule has 2 amide bonds. The first-order valence-corrected chi connectivity index (χ1v) is 13.6. The Hall–Kier alpha value is -2.94. The van der Waals surface area contributed by atoms with E-state index in [1.807, 2.05) is 0 Å². The molecule has 0 atom stereocenters. The maximum Gasteiger partial charge on any atom is 0.257 e. The van der Waals surface area contributed by atoms with Gasteiger partial charge in [-0.05, 0) is 49.2 Å². The monoisotopic (exact) mass is 539 g/mol. The smallest absolute Gasteiger partial charge is 0.257 e. The second-order valence-corrected chi connectivity index (χ2v) is 11.6. The van der Waals surface area contributed by atoms with Crippen molar-refractivity contribution >= 4 is 55.8 Å². The lowest BCUT2D eigenvalue weighted by molar-refractivity contribution is -0.113. The van der Waals surface area contributed by atoms with Crippen LogP contribution in [0, 0.1) is 11.6 Å². The van der Waals surface area contributed by atoms with Crippen molar-refractivity contribution in [1.29, 1.82) is 0 Å². The molecule has 0 bridgehead atoms. The molecule has 3 aromatic rings. The topological polar surface area (TPSA) is 121 Å². The summed E-state index contributed by atoms with van der Waals surface area (Å²) in [5, 5.41) is 12.9. The van der Waals surface area contributed by atoms with Gasteiger partial charge in [0.2, 0.25) is 21.1 Å². The molecule has 184 valence electrons. The number of carbonyl (C=O) groups excluding carboxylic acids is 2. The van der Waals surface area contributed by atoms with Crippen LogP contribution >= 0.6 is 23.1 Å². The number of thioether (sulfide) groups is 1. The van der Waals surface area contributed by atoms with Crippen molar-refractivity contribution < 1.29 is 26.8 Å². The van der Waals surface area contributed by atoms with Gasteiger partial charge in [0.25, 0.3) is 5.91 Å². The predicted molar refractivity (Wildman–Crippen MR) is 128 cm³/mol. The van der Waals surface area contributed by atoms with E-state index in [4.69, 9.17) is 0 Å². The number of carbonyl (C=O) groups is 2. The third-order valence-electron chi connectivity index (χ3n) is 4.98. The molecule has 0 saturated carbocycles. The molecule has 35 heavy (non-hydrogen) atoms. The summed E-state index contributed by atoms with van der Waals surface area (Å²) in [6.45, 7) is 0.986. The fourth-order valence-electron chi connectivity index (χ4n) is 3.25. The molecule has 0 unspecified atom stereocenters. The molecule has 2 heterocycles. The number of hydrogen-bond acceptors (Lipinski definition) is 8. The zero-order valence-electron chi connectivity index (χ0n) is 18.0. The molecule has 0 radical (unpaired) electrons. The Labute approximate surface area is 208 Å². The molecular formula is C21H19F2N5O4S3. The molecule has 2 N–H and O–H groups in total. The first-order valence-electron chi connectivity index (χ1n) is 10.3. The molecule has 1 saturated heterocycles. The number of aromatic nitrogens is 2. The zero-order chi connectivity index (χ0) is 25.0. The lowest BCUT2D eigenvalue weighted by Crippen LogP contribution is -2.27. The fraction of sp³-hybridized carbons (Fsp3) is 0.238. The summed E-state index contributed by atoms with van der Waals surface area (Å²) in [5.74, 6) is -2.75. The van der Waals surface area contributed by atoms with Gasteiger partial charge in [-0.25, -0.2) is 17.2 Å². The Balaban J connectivity index is 1.30. The highest BCUT2D eigenvalue weighted by Crippen LogP contribution is 2.27. The number of halogens is 2. The second kappa shape index (κ2) is 10.8. The van der Waals surface area contributed by atoms with Gasteiger partial charge in [0.1, 0.15) is 11.6 Å². The summed E-state index contributed by atoms with van der Waals surface area (Å²) in [7, 11) is -3.57. The van der Waals surface area contributed by atoms with Crippen LogP contribution in [-0.4, -0.2) is 53.6 Å². The number of rotatable bonds is 8. The number of amides is 2. The third kappa shape index (κ3) is 6.20. The minimum atomic E-state index is -3.57. The van der Waals surface area contributed by atoms with Crippen molar-refractivity contribution in [2.75, 3.05) is 29.5 Å². The molecule has 0 aliphatic carbocycles. The standard InChI is InChI=1S/C21H19F2N5O4S3/c22-14-5-8-17(16(23)11-14)24-18(29)12-33-21-27-26-20(34-21)25-19(30)13-3-6-15(7-4-13)35(31,32)28-9-1-2-10-28/h3-8,11H,1-2,9-10,12H2,(H,24,29)(H,25,26,30). The van der Waals surface area contributed by atoms with Gasteiger partial charge >= 0.3 is 0 Å².